The predicted octanol–water partition coefficient (Wildman–Crippen LogP) is 4.29. The molecule has 0 unspecified atom stereocenters. The first-order valence-electron chi connectivity index (χ1n) is 7.59. The van der Waals surface area contributed by atoms with E-state index in [2.05, 4.69) is 10.6 Å². The molecular formula is C18H20N2O3. The number of nitrogens with one attached hydrogen (secondary N) is 2. The number of hydrogen-bond acceptors (Lipinski definition) is 3. The van der Waals surface area contributed by atoms with Gasteiger partial charge in [-0.3, -0.25) is 0 Å². The van der Waals surface area contributed by atoms with Gasteiger partial charge in [-0.25, -0.2) is 9.59 Å². The number of anilines is 2. The summed E-state index contributed by atoms with van der Waals surface area (Å²) in [4.78, 5) is 23.8. The fraction of sp³-hybridized carbons (Fsp3) is 0.222. The number of urea groups is 1. The highest BCUT2D eigenvalue weighted by Crippen LogP contribution is 2.13. The van der Waals surface area contributed by atoms with Crippen molar-refractivity contribution in [1.82, 2.24) is 0 Å². The van der Waals surface area contributed by atoms with Crippen LogP contribution in [0.15, 0.2) is 54.6 Å². The summed E-state index contributed by atoms with van der Waals surface area (Å²) in [6.07, 6.45) is 1.80. The third-order valence-corrected chi connectivity index (χ3v) is 3.12. The van der Waals surface area contributed by atoms with Crippen molar-refractivity contribution in [2.24, 2.45) is 0 Å². The fourth-order valence-electron chi connectivity index (χ4n) is 1.93. The average molecular weight is 312 g/mol. The second kappa shape index (κ2) is 8.58. The van der Waals surface area contributed by atoms with Crippen LogP contribution in [0.5, 0.6) is 0 Å². The van der Waals surface area contributed by atoms with E-state index in [1.54, 1.807) is 36.4 Å². The van der Waals surface area contributed by atoms with Crippen LogP contribution in [0.3, 0.4) is 0 Å². The first-order valence-corrected chi connectivity index (χ1v) is 7.59. The van der Waals surface area contributed by atoms with E-state index in [9.17, 15) is 9.59 Å². The monoisotopic (exact) mass is 312 g/mol. The van der Waals surface area contributed by atoms with E-state index in [1.165, 1.54) is 0 Å². The molecule has 2 aromatic carbocycles. The van der Waals surface area contributed by atoms with Crippen LogP contribution < -0.4 is 10.6 Å². The van der Waals surface area contributed by atoms with Crippen LogP contribution in [-0.4, -0.2) is 18.6 Å². The highest BCUT2D eigenvalue weighted by Gasteiger charge is 2.09. The van der Waals surface area contributed by atoms with Crippen LogP contribution in [0, 0.1) is 0 Å². The summed E-state index contributed by atoms with van der Waals surface area (Å²) in [5.74, 6) is -0.384. The maximum atomic E-state index is 11.9. The van der Waals surface area contributed by atoms with Crippen molar-refractivity contribution in [2.45, 2.75) is 19.8 Å². The lowest BCUT2D eigenvalue weighted by Crippen LogP contribution is -2.19. The lowest BCUT2D eigenvalue weighted by molar-refractivity contribution is 0.0500. The van der Waals surface area contributed by atoms with Gasteiger partial charge >= 0.3 is 12.0 Å². The van der Waals surface area contributed by atoms with Gasteiger partial charge in [0.05, 0.1) is 12.2 Å². The van der Waals surface area contributed by atoms with Crippen molar-refractivity contribution in [3.8, 4) is 0 Å². The average Bonchev–Trinajstić information content (AvgIpc) is 2.56. The van der Waals surface area contributed by atoms with Gasteiger partial charge in [-0.15, -0.1) is 0 Å². The summed E-state index contributed by atoms with van der Waals surface area (Å²) in [7, 11) is 0. The summed E-state index contributed by atoms with van der Waals surface area (Å²) < 4.78 is 5.16. The van der Waals surface area contributed by atoms with Gasteiger partial charge in [-0.2, -0.15) is 0 Å². The lowest BCUT2D eigenvalue weighted by Gasteiger charge is -2.09. The zero-order valence-corrected chi connectivity index (χ0v) is 13.0. The Morgan fingerprint density at radius 2 is 1.65 bits per heavy atom. The molecule has 0 aliphatic rings. The minimum atomic E-state index is -0.384. The first kappa shape index (κ1) is 16.5. The molecule has 2 N–H and O–H groups in total. The molecule has 120 valence electrons. The molecule has 0 saturated heterocycles. The fourth-order valence-corrected chi connectivity index (χ4v) is 1.93. The van der Waals surface area contributed by atoms with E-state index in [-0.39, 0.29) is 12.0 Å². The molecule has 23 heavy (non-hydrogen) atoms. The zero-order valence-electron chi connectivity index (χ0n) is 13.0. The van der Waals surface area contributed by atoms with Crippen LogP contribution in [0.2, 0.25) is 0 Å². The van der Waals surface area contributed by atoms with Gasteiger partial charge in [0.15, 0.2) is 0 Å². The Labute approximate surface area is 135 Å². The van der Waals surface area contributed by atoms with Crippen LogP contribution in [-0.2, 0) is 4.74 Å². The molecule has 0 aliphatic heterocycles. The van der Waals surface area contributed by atoms with Crippen molar-refractivity contribution in [1.29, 1.82) is 0 Å². The topological polar surface area (TPSA) is 67.4 Å². The number of hydrogen-bond donors (Lipinski definition) is 2. The van der Waals surface area contributed by atoms with E-state index < -0.39 is 0 Å². The molecule has 0 bridgehead atoms. The maximum absolute atomic E-state index is 11.9. The van der Waals surface area contributed by atoms with Crippen LogP contribution in [0.1, 0.15) is 30.1 Å². The van der Waals surface area contributed by atoms with Crippen molar-refractivity contribution in [3.63, 3.8) is 0 Å². The molecule has 2 rings (SSSR count). The van der Waals surface area contributed by atoms with Crippen molar-refractivity contribution < 1.29 is 14.3 Å². The Bertz CT molecular complexity index is 656. The molecule has 0 heterocycles. The van der Waals surface area contributed by atoms with Gasteiger partial charge in [0.25, 0.3) is 0 Å². The van der Waals surface area contributed by atoms with E-state index in [0.29, 0.717) is 23.5 Å². The van der Waals surface area contributed by atoms with Gasteiger partial charge in [-0.05, 0) is 36.8 Å². The van der Waals surface area contributed by atoms with Crippen molar-refractivity contribution in [2.75, 3.05) is 17.2 Å². The Morgan fingerprint density at radius 3 is 2.39 bits per heavy atom. The Kier molecular flexibility index (Phi) is 6.17. The molecule has 0 fully saturated rings. The number of benzene rings is 2. The molecule has 0 radical (unpaired) electrons. The largest absolute Gasteiger partial charge is 0.462 e. The molecule has 0 aliphatic carbocycles. The highest BCUT2D eigenvalue weighted by atomic mass is 16.5. The summed E-state index contributed by atoms with van der Waals surface area (Å²) >= 11 is 0. The third kappa shape index (κ3) is 5.47. The van der Waals surface area contributed by atoms with E-state index in [0.717, 1.165) is 12.8 Å². The quantitative estimate of drug-likeness (QED) is 0.617. The number of rotatable bonds is 6. The molecule has 2 amide bonds. The molecule has 0 spiro atoms. The summed E-state index contributed by atoms with van der Waals surface area (Å²) in [5.41, 5.74) is 1.64. The molecule has 5 heteroatoms. The van der Waals surface area contributed by atoms with Gasteiger partial charge in [0, 0.05) is 11.4 Å². The second-order valence-corrected chi connectivity index (χ2v) is 5.02. The number of carbonyl (C=O) groups is 2. The summed E-state index contributed by atoms with van der Waals surface area (Å²) in [5, 5.41) is 5.41. The smallest absolute Gasteiger partial charge is 0.338 e. The SMILES string of the molecule is CCCCOC(=O)c1cccc(NC(=O)Nc2ccccc2)c1. The van der Waals surface area contributed by atoms with Crippen molar-refractivity contribution >= 4 is 23.4 Å². The van der Waals surface area contributed by atoms with Crippen LogP contribution in [0.4, 0.5) is 16.2 Å². The third-order valence-electron chi connectivity index (χ3n) is 3.12. The lowest BCUT2D eigenvalue weighted by atomic mass is 10.2. The number of ether oxygens (including phenoxy) is 1. The van der Waals surface area contributed by atoms with Gasteiger partial charge in [0.1, 0.15) is 0 Å². The summed E-state index contributed by atoms with van der Waals surface area (Å²) in [6, 6.07) is 15.4. The van der Waals surface area contributed by atoms with Crippen LogP contribution in [0.25, 0.3) is 0 Å². The number of para-hydroxylation sites is 1. The number of amides is 2. The number of unbranched alkanes of at least 4 members (excludes halogenated alkanes) is 1. The summed E-state index contributed by atoms with van der Waals surface area (Å²) in [6.45, 7) is 2.44. The molecule has 0 aromatic heterocycles. The van der Waals surface area contributed by atoms with Crippen LogP contribution >= 0.6 is 0 Å². The van der Waals surface area contributed by atoms with E-state index in [4.69, 9.17) is 4.74 Å². The Hall–Kier alpha value is -2.82. The number of carbonyl (C=O) groups excluding carboxylic acids is 2. The second-order valence-electron chi connectivity index (χ2n) is 5.02. The zero-order chi connectivity index (χ0) is 16.5. The molecule has 5 nitrogen and oxygen atoms in total. The maximum Gasteiger partial charge on any atom is 0.338 e. The van der Waals surface area contributed by atoms with E-state index in [1.807, 2.05) is 25.1 Å². The molecule has 2 aromatic rings. The predicted molar refractivity (Wildman–Crippen MR) is 90.7 cm³/mol. The molecule has 0 saturated carbocycles. The first-order chi connectivity index (χ1) is 11.2. The number of esters is 1. The van der Waals surface area contributed by atoms with Crippen molar-refractivity contribution in [3.05, 3.63) is 60.2 Å². The normalized spacial score (nSPS) is 9.96. The van der Waals surface area contributed by atoms with E-state index >= 15 is 0 Å². The molecular weight excluding hydrogens is 292 g/mol. The standard InChI is InChI=1S/C18H20N2O3/c1-2-3-12-23-17(21)14-8-7-11-16(13-14)20-18(22)19-15-9-5-4-6-10-15/h4-11,13H,2-3,12H2,1H3,(H2,19,20,22). The van der Waals surface area contributed by atoms with Gasteiger partial charge in [0.2, 0.25) is 0 Å². The Balaban J connectivity index is 1.94. The van der Waals surface area contributed by atoms with Gasteiger partial charge in [-0.1, -0.05) is 37.6 Å². The minimum absolute atomic E-state index is 0.368. The Morgan fingerprint density at radius 1 is 0.957 bits per heavy atom. The minimum Gasteiger partial charge on any atom is -0.462 e. The van der Waals surface area contributed by atoms with Gasteiger partial charge < -0.3 is 15.4 Å². The highest BCUT2D eigenvalue weighted by molar-refractivity contribution is 6.00. The molecule has 0 atom stereocenters.